The first-order valence-electron chi connectivity index (χ1n) is 13.8. The lowest BCUT2D eigenvalue weighted by atomic mass is 9.96. The van der Waals surface area contributed by atoms with Gasteiger partial charge >= 0.3 is 6.09 Å². The van der Waals surface area contributed by atoms with Crippen LogP contribution >= 0.6 is 0 Å². The van der Waals surface area contributed by atoms with E-state index in [1.807, 2.05) is 46.2 Å². The molecule has 0 fully saturated rings. The van der Waals surface area contributed by atoms with E-state index in [0.717, 1.165) is 41.2 Å². The molecule has 10 heteroatoms. The minimum atomic E-state index is -0.597. The van der Waals surface area contributed by atoms with Crippen LogP contribution in [0.3, 0.4) is 0 Å². The van der Waals surface area contributed by atoms with Crippen LogP contribution in [-0.2, 0) is 34.6 Å². The van der Waals surface area contributed by atoms with Crippen LogP contribution in [0.25, 0.3) is 0 Å². The number of benzene rings is 1. The van der Waals surface area contributed by atoms with E-state index in [1.165, 1.54) is 11.1 Å². The Kier molecular flexibility index (Phi) is 6.33. The third-order valence-electron chi connectivity index (χ3n) is 7.57. The summed E-state index contributed by atoms with van der Waals surface area (Å²) in [5.74, 6) is 1.01. The van der Waals surface area contributed by atoms with E-state index in [1.54, 1.807) is 4.90 Å². The largest absolute Gasteiger partial charge is 0.474 e. The maximum absolute atomic E-state index is 13.0. The monoisotopic (exact) mass is 544 g/mol. The van der Waals surface area contributed by atoms with Crippen molar-refractivity contribution in [2.24, 2.45) is 0 Å². The van der Waals surface area contributed by atoms with E-state index >= 15 is 0 Å². The molecule has 0 bridgehead atoms. The van der Waals surface area contributed by atoms with Gasteiger partial charge in [-0.2, -0.15) is 0 Å². The molecule has 1 amide bonds. The Morgan fingerprint density at radius 1 is 1.12 bits per heavy atom. The van der Waals surface area contributed by atoms with Gasteiger partial charge < -0.3 is 24.4 Å². The highest BCUT2D eigenvalue weighted by Gasteiger charge is 2.33. The molecule has 0 saturated heterocycles. The normalized spacial score (nSPS) is 17.4. The number of amides is 1. The summed E-state index contributed by atoms with van der Waals surface area (Å²) in [5.41, 5.74) is 7.04. The first-order valence-corrected chi connectivity index (χ1v) is 13.8. The molecule has 1 N–H and O–H groups in total. The number of pyridine rings is 1. The Labute approximate surface area is 234 Å². The fourth-order valence-corrected chi connectivity index (χ4v) is 5.52. The third-order valence-corrected chi connectivity index (χ3v) is 7.57. The lowest BCUT2D eigenvalue weighted by Gasteiger charge is -2.35. The van der Waals surface area contributed by atoms with Crippen molar-refractivity contribution in [3.63, 3.8) is 0 Å². The van der Waals surface area contributed by atoms with Crippen LogP contribution in [0.1, 0.15) is 62.6 Å². The third kappa shape index (κ3) is 4.92. The molecule has 3 aliphatic heterocycles. The summed E-state index contributed by atoms with van der Waals surface area (Å²) in [6, 6.07) is 6.26. The lowest BCUT2D eigenvalue weighted by Crippen LogP contribution is -2.42. The van der Waals surface area contributed by atoms with Gasteiger partial charge in [0, 0.05) is 24.0 Å². The highest BCUT2D eigenvalue weighted by Crippen LogP contribution is 2.40. The molecule has 0 atom stereocenters. The molecule has 3 aliphatic rings. The zero-order chi connectivity index (χ0) is 28.2. The van der Waals surface area contributed by atoms with Gasteiger partial charge in [0.15, 0.2) is 0 Å². The first-order chi connectivity index (χ1) is 19.0. The van der Waals surface area contributed by atoms with Crippen LogP contribution in [0.4, 0.5) is 27.8 Å². The number of hydrogen-bond acceptors (Lipinski definition) is 9. The molecule has 6 rings (SSSR count). The van der Waals surface area contributed by atoms with Crippen molar-refractivity contribution in [3.05, 3.63) is 58.5 Å². The van der Waals surface area contributed by atoms with Crippen LogP contribution < -0.4 is 19.9 Å². The maximum atomic E-state index is 13.0. The van der Waals surface area contributed by atoms with Crippen molar-refractivity contribution >= 4 is 29.1 Å². The summed E-state index contributed by atoms with van der Waals surface area (Å²) in [5, 5.41) is 3.38. The van der Waals surface area contributed by atoms with Gasteiger partial charge in [0.25, 0.3) is 0 Å². The van der Waals surface area contributed by atoms with E-state index in [9.17, 15) is 4.79 Å². The Morgan fingerprint density at radius 2 is 1.95 bits per heavy atom. The average Bonchev–Trinajstić information content (AvgIpc) is 3.21. The molecule has 5 heterocycles. The van der Waals surface area contributed by atoms with Crippen LogP contribution in [-0.4, -0.2) is 46.3 Å². The number of aromatic nitrogens is 3. The maximum Gasteiger partial charge on any atom is 0.415 e. The standard InChI is InChI=1S/C30H36N6O4/c1-18-24(15-31-26-25(18)36(11-12-38-26)28(37)40-29(2,3)4)35-10-9-19-14-32-27(34-23(19)16-35)33-21-8-7-20-17-39-30(5,6)22(20)13-21/h7-8,13-15H,9-12,16-17H2,1-6H3,(H,32,33,34). The van der Waals surface area contributed by atoms with Crippen molar-refractivity contribution in [2.45, 2.75) is 72.3 Å². The van der Waals surface area contributed by atoms with Gasteiger partial charge in [0.05, 0.1) is 42.9 Å². The number of fused-ring (bicyclic) bond motifs is 3. The molecule has 3 aromatic rings. The van der Waals surface area contributed by atoms with Gasteiger partial charge in [-0.3, -0.25) is 4.90 Å². The van der Waals surface area contributed by atoms with Gasteiger partial charge in [-0.1, -0.05) is 6.07 Å². The Balaban J connectivity index is 1.25. The Bertz CT molecular complexity index is 1480. The first kappa shape index (κ1) is 26.3. The Morgan fingerprint density at radius 3 is 2.75 bits per heavy atom. The van der Waals surface area contributed by atoms with E-state index in [2.05, 4.69) is 46.2 Å². The number of carbonyl (C=O) groups excluding carboxylic acids is 1. The summed E-state index contributed by atoms with van der Waals surface area (Å²) in [4.78, 5) is 31.0. The van der Waals surface area contributed by atoms with E-state index in [-0.39, 0.29) is 5.60 Å². The van der Waals surface area contributed by atoms with Gasteiger partial charge in [0.2, 0.25) is 11.8 Å². The second kappa shape index (κ2) is 9.62. The highest BCUT2D eigenvalue weighted by atomic mass is 16.6. The summed E-state index contributed by atoms with van der Waals surface area (Å²) in [6.45, 7) is 14.6. The van der Waals surface area contributed by atoms with E-state index in [0.29, 0.717) is 43.8 Å². The molecular weight excluding hydrogens is 508 g/mol. The molecule has 0 spiro atoms. The molecule has 210 valence electrons. The van der Waals surface area contributed by atoms with Gasteiger partial charge in [0.1, 0.15) is 17.9 Å². The van der Waals surface area contributed by atoms with Crippen molar-refractivity contribution in [1.82, 2.24) is 15.0 Å². The van der Waals surface area contributed by atoms with Crippen molar-refractivity contribution in [3.8, 4) is 5.88 Å². The Hall–Kier alpha value is -3.92. The minimum absolute atomic E-state index is 0.310. The number of anilines is 4. The quantitative estimate of drug-likeness (QED) is 0.465. The molecule has 0 saturated carbocycles. The molecular formula is C30H36N6O4. The second-order valence-corrected chi connectivity index (χ2v) is 12.0. The zero-order valence-electron chi connectivity index (χ0n) is 24.0. The number of hydrogen-bond donors (Lipinski definition) is 1. The van der Waals surface area contributed by atoms with E-state index < -0.39 is 11.7 Å². The summed E-state index contributed by atoms with van der Waals surface area (Å²) in [6.07, 6.45) is 4.15. The van der Waals surface area contributed by atoms with Crippen LogP contribution in [0.15, 0.2) is 30.6 Å². The fraction of sp³-hybridized carbons (Fsp3) is 0.467. The minimum Gasteiger partial charge on any atom is -0.474 e. The molecule has 2 aromatic heterocycles. The van der Waals surface area contributed by atoms with Crippen molar-refractivity contribution in [1.29, 1.82) is 0 Å². The van der Waals surface area contributed by atoms with Crippen LogP contribution in [0.5, 0.6) is 5.88 Å². The summed E-state index contributed by atoms with van der Waals surface area (Å²) >= 11 is 0. The van der Waals surface area contributed by atoms with Crippen LogP contribution in [0.2, 0.25) is 0 Å². The lowest BCUT2D eigenvalue weighted by molar-refractivity contribution is -0.00788. The fourth-order valence-electron chi connectivity index (χ4n) is 5.52. The molecule has 1 aromatic carbocycles. The predicted molar refractivity (Wildman–Crippen MR) is 152 cm³/mol. The summed E-state index contributed by atoms with van der Waals surface area (Å²) in [7, 11) is 0. The molecule has 0 unspecified atom stereocenters. The highest BCUT2D eigenvalue weighted by molar-refractivity contribution is 5.92. The smallest absolute Gasteiger partial charge is 0.415 e. The number of nitrogens with one attached hydrogen (secondary N) is 1. The molecule has 0 radical (unpaired) electrons. The molecule has 40 heavy (non-hydrogen) atoms. The SMILES string of the molecule is Cc1c(N2CCc3cnc(Nc4ccc5c(c4)C(C)(C)OC5)nc3C2)cnc2c1N(C(=O)OC(C)(C)C)CCO2. The second-order valence-electron chi connectivity index (χ2n) is 12.0. The summed E-state index contributed by atoms with van der Waals surface area (Å²) < 4.78 is 17.4. The number of nitrogens with zero attached hydrogens (tertiary/aromatic N) is 5. The number of ether oxygens (including phenoxy) is 3. The molecule has 0 aliphatic carbocycles. The van der Waals surface area contributed by atoms with Gasteiger partial charge in [-0.15, -0.1) is 0 Å². The molecule has 10 nitrogen and oxygen atoms in total. The van der Waals surface area contributed by atoms with Crippen LogP contribution in [0, 0.1) is 6.92 Å². The van der Waals surface area contributed by atoms with Gasteiger partial charge in [-0.25, -0.2) is 19.7 Å². The average molecular weight is 545 g/mol. The van der Waals surface area contributed by atoms with Gasteiger partial charge in [-0.05, 0) is 76.8 Å². The topological polar surface area (TPSA) is 102 Å². The van der Waals surface area contributed by atoms with Crippen molar-refractivity contribution in [2.75, 3.05) is 34.8 Å². The zero-order valence-corrected chi connectivity index (χ0v) is 24.0. The van der Waals surface area contributed by atoms with Crippen molar-refractivity contribution < 1.29 is 19.0 Å². The van der Waals surface area contributed by atoms with E-state index in [4.69, 9.17) is 19.2 Å². The number of carbonyl (C=O) groups is 1. The number of rotatable bonds is 3. The predicted octanol–water partition coefficient (Wildman–Crippen LogP) is 5.39.